The smallest absolute Gasteiger partial charge is 0.220 e. The molecular formula is C17H27IN4O3. The van der Waals surface area contributed by atoms with E-state index in [-0.39, 0.29) is 41.7 Å². The number of nitrogens with one attached hydrogen (secondary N) is 3. The summed E-state index contributed by atoms with van der Waals surface area (Å²) in [7, 11) is 1.57. The van der Waals surface area contributed by atoms with Gasteiger partial charge in [-0.2, -0.15) is 0 Å². The van der Waals surface area contributed by atoms with Crippen molar-refractivity contribution in [2.45, 2.75) is 32.2 Å². The number of carbonyl (C=O) groups is 1. The lowest BCUT2D eigenvalue weighted by Gasteiger charge is -2.25. The van der Waals surface area contributed by atoms with E-state index in [2.05, 4.69) is 20.9 Å². The van der Waals surface area contributed by atoms with Crippen LogP contribution in [-0.2, 0) is 11.2 Å². The molecule has 0 radical (unpaired) electrons. The first-order valence-electron chi connectivity index (χ1n) is 8.29. The molecule has 1 atom stereocenters. The third-order valence-corrected chi connectivity index (χ3v) is 3.89. The van der Waals surface area contributed by atoms with Crippen LogP contribution in [0.2, 0.25) is 0 Å². The number of guanidine groups is 1. The Hall–Kier alpha value is -1.71. The standard InChI is InChI=1S/C17H26N4O3.HI/c1-3-18-17(21-13-5-7-16(23)20-11-13)19-9-8-12-4-6-14(24-2)10-15(12)22;/h4,6,10,13,22H,3,5,7-9,11H2,1-2H3,(H,20,23)(H2,18,19,21);1H. The van der Waals surface area contributed by atoms with Crippen LogP contribution in [0.5, 0.6) is 11.5 Å². The molecule has 0 bridgehead atoms. The second-order valence-electron chi connectivity index (χ2n) is 5.69. The van der Waals surface area contributed by atoms with E-state index < -0.39 is 0 Å². The van der Waals surface area contributed by atoms with E-state index in [0.717, 1.165) is 24.5 Å². The number of carbonyl (C=O) groups excluding carboxylic acids is 1. The Kier molecular flexibility index (Phi) is 9.40. The average Bonchev–Trinajstić information content (AvgIpc) is 2.58. The predicted molar refractivity (Wildman–Crippen MR) is 109 cm³/mol. The van der Waals surface area contributed by atoms with Gasteiger partial charge in [-0.05, 0) is 31.4 Å². The number of piperidine rings is 1. The monoisotopic (exact) mass is 462 g/mol. The molecule has 7 nitrogen and oxygen atoms in total. The van der Waals surface area contributed by atoms with Gasteiger partial charge in [0.2, 0.25) is 5.91 Å². The molecule has 4 N–H and O–H groups in total. The molecule has 8 heteroatoms. The highest BCUT2D eigenvalue weighted by Crippen LogP contribution is 2.23. The molecule has 25 heavy (non-hydrogen) atoms. The van der Waals surface area contributed by atoms with Gasteiger partial charge in [0.05, 0.1) is 7.11 Å². The van der Waals surface area contributed by atoms with Gasteiger partial charge >= 0.3 is 0 Å². The van der Waals surface area contributed by atoms with Crippen LogP contribution in [0, 0.1) is 0 Å². The molecule has 1 aliphatic heterocycles. The van der Waals surface area contributed by atoms with Crippen LogP contribution >= 0.6 is 24.0 Å². The van der Waals surface area contributed by atoms with Crippen molar-refractivity contribution in [3.8, 4) is 11.5 Å². The largest absolute Gasteiger partial charge is 0.508 e. The molecular weight excluding hydrogens is 435 g/mol. The summed E-state index contributed by atoms with van der Waals surface area (Å²) in [5, 5.41) is 19.4. The van der Waals surface area contributed by atoms with Crippen LogP contribution in [0.1, 0.15) is 25.3 Å². The summed E-state index contributed by atoms with van der Waals surface area (Å²) in [5.41, 5.74) is 0.834. The molecule has 1 aliphatic rings. The second kappa shape index (κ2) is 11.0. The molecule has 1 unspecified atom stereocenters. The van der Waals surface area contributed by atoms with E-state index in [4.69, 9.17) is 4.74 Å². The molecule has 1 amide bonds. The lowest BCUT2D eigenvalue weighted by molar-refractivity contribution is -0.122. The Labute approximate surface area is 165 Å². The van der Waals surface area contributed by atoms with Crippen molar-refractivity contribution in [2.24, 2.45) is 4.99 Å². The number of phenolic OH excluding ortho intramolecular Hbond substituents is 1. The molecule has 1 fully saturated rings. The predicted octanol–water partition coefficient (Wildman–Crippen LogP) is 1.39. The van der Waals surface area contributed by atoms with E-state index in [9.17, 15) is 9.90 Å². The minimum atomic E-state index is 0. The van der Waals surface area contributed by atoms with Crippen LogP contribution in [0.15, 0.2) is 23.2 Å². The molecule has 0 aliphatic carbocycles. The Morgan fingerprint density at radius 1 is 1.48 bits per heavy atom. The van der Waals surface area contributed by atoms with Crippen molar-refractivity contribution in [3.63, 3.8) is 0 Å². The highest BCUT2D eigenvalue weighted by atomic mass is 127. The van der Waals surface area contributed by atoms with E-state index in [1.165, 1.54) is 0 Å². The maximum Gasteiger partial charge on any atom is 0.220 e. The first-order valence-corrected chi connectivity index (χ1v) is 8.29. The van der Waals surface area contributed by atoms with Gasteiger partial charge in [-0.1, -0.05) is 6.07 Å². The number of amides is 1. The number of nitrogens with zero attached hydrogens (tertiary/aromatic N) is 1. The molecule has 1 heterocycles. The number of hydrogen-bond acceptors (Lipinski definition) is 4. The number of hydrogen-bond donors (Lipinski definition) is 4. The molecule has 140 valence electrons. The van der Waals surface area contributed by atoms with E-state index in [0.29, 0.717) is 31.7 Å². The van der Waals surface area contributed by atoms with Crippen molar-refractivity contribution < 1.29 is 14.6 Å². The third-order valence-electron chi connectivity index (χ3n) is 3.89. The normalized spacial score (nSPS) is 17.3. The Bertz CT molecular complexity index is 585. The fraction of sp³-hybridized carbons (Fsp3) is 0.529. The van der Waals surface area contributed by atoms with Crippen LogP contribution in [0.3, 0.4) is 0 Å². The summed E-state index contributed by atoms with van der Waals surface area (Å²) >= 11 is 0. The van der Waals surface area contributed by atoms with Crippen molar-refractivity contribution >= 4 is 35.8 Å². The quantitative estimate of drug-likeness (QED) is 0.291. The van der Waals surface area contributed by atoms with Gasteiger partial charge in [0, 0.05) is 38.2 Å². The zero-order valence-corrected chi connectivity index (χ0v) is 17.0. The molecule has 0 saturated carbocycles. The summed E-state index contributed by atoms with van der Waals surface area (Å²) in [6.07, 6.45) is 1.97. The zero-order chi connectivity index (χ0) is 17.4. The van der Waals surface area contributed by atoms with E-state index >= 15 is 0 Å². The molecule has 1 aromatic carbocycles. The minimum absolute atomic E-state index is 0. The Morgan fingerprint density at radius 3 is 2.88 bits per heavy atom. The molecule has 0 aromatic heterocycles. The number of phenols is 1. The van der Waals surface area contributed by atoms with Crippen molar-refractivity contribution in [1.82, 2.24) is 16.0 Å². The Balaban J connectivity index is 0.00000312. The summed E-state index contributed by atoms with van der Waals surface area (Å²) in [6.45, 7) is 3.94. The number of rotatable bonds is 6. The number of aliphatic imine (C=N–C) groups is 1. The van der Waals surface area contributed by atoms with Gasteiger partial charge in [0.1, 0.15) is 11.5 Å². The van der Waals surface area contributed by atoms with Crippen LogP contribution in [-0.4, -0.2) is 49.8 Å². The number of benzene rings is 1. The number of halogens is 1. The first kappa shape index (κ1) is 21.3. The molecule has 2 rings (SSSR count). The van der Waals surface area contributed by atoms with E-state index in [1.54, 1.807) is 13.2 Å². The third kappa shape index (κ3) is 6.97. The van der Waals surface area contributed by atoms with Gasteiger partial charge in [-0.25, -0.2) is 0 Å². The van der Waals surface area contributed by atoms with Gasteiger partial charge in [-0.3, -0.25) is 9.79 Å². The summed E-state index contributed by atoms with van der Waals surface area (Å²) in [5.74, 6) is 1.68. The maximum atomic E-state index is 11.2. The van der Waals surface area contributed by atoms with Crippen LogP contribution in [0.4, 0.5) is 0 Å². The first-order chi connectivity index (χ1) is 11.6. The number of aromatic hydroxyl groups is 1. The topological polar surface area (TPSA) is 95.0 Å². The summed E-state index contributed by atoms with van der Waals surface area (Å²) in [6, 6.07) is 5.47. The highest BCUT2D eigenvalue weighted by molar-refractivity contribution is 14.0. The highest BCUT2D eigenvalue weighted by Gasteiger charge is 2.18. The van der Waals surface area contributed by atoms with Crippen molar-refractivity contribution in [1.29, 1.82) is 0 Å². The van der Waals surface area contributed by atoms with Crippen molar-refractivity contribution in [2.75, 3.05) is 26.7 Å². The maximum absolute atomic E-state index is 11.2. The molecule has 1 aromatic rings. The molecule has 0 spiro atoms. The Morgan fingerprint density at radius 2 is 2.28 bits per heavy atom. The van der Waals surface area contributed by atoms with Gasteiger partial charge in [0.25, 0.3) is 0 Å². The van der Waals surface area contributed by atoms with Gasteiger partial charge < -0.3 is 25.8 Å². The van der Waals surface area contributed by atoms with Gasteiger partial charge in [0.15, 0.2) is 5.96 Å². The zero-order valence-electron chi connectivity index (χ0n) is 14.7. The van der Waals surface area contributed by atoms with Crippen molar-refractivity contribution in [3.05, 3.63) is 23.8 Å². The number of methoxy groups -OCH3 is 1. The molecule has 1 saturated heterocycles. The fourth-order valence-corrected chi connectivity index (χ4v) is 2.54. The summed E-state index contributed by atoms with van der Waals surface area (Å²) < 4.78 is 5.08. The lowest BCUT2D eigenvalue weighted by atomic mass is 10.1. The van der Waals surface area contributed by atoms with Gasteiger partial charge in [-0.15, -0.1) is 24.0 Å². The SMILES string of the molecule is CCNC(=NCCc1ccc(OC)cc1O)NC1CCC(=O)NC1.I. The second-order valence-corrected chi connectivity index (χ2v) is 5.69. The van der Waals surface area contributed by atoms with E-state index in [1.807, 2.05) is 19.1 Å². The van der Waals surface area contributed by atoms with Crippen LogP contribution in [0.25, 0.3) is 0 Å². The average molecular weight is 462 g/mol. The summed E-state index contributed by atoms with van der Waals surface area (Å²) in [4.78, 5) is 15.8. The lowest BCUT2D eigenvalue weighted by Crippen LogP contribution is -2.51. The minimum Gasteiger partial charge on any atom is -0.508 e. The fourth-order valence-electron chi connectivity index (χ4n) is 2.54. The number of ether oxygens (including phenoxy) is 1. The van der Waals surface area contributed by atoms with Crippen LogP contribution < -0.4 is 20.7 Å².